The molecule has 1 aliphatic rings. The molecule has 0 N–H and O–H groups in total. The minimum absolute atomic E-state index is 0.243. The van der Waals surface area contributed by atoms with E-state index in [0.29, 0.717) is 11.5 Å². The number of imide groups is 1. The number of rotatable bonds is 6. The van der Waals surface area contributed by atoms with Gasteiger partial charge in [-0.25, -0.2) is 0 Å². The zero-order valence-electron chi connectivity index (χ0n) is 16.9. The second-order valence-corrected chi connectivity index (χ2v) is 9.48. The van der Waals surface area contributed by atoms with Gasteiger partial charge in [0.05, 0.1) is 11.4 Å². The Morgan fingerprint density at radius 2 is 1.71 bits per heavy atom. The number of hydrogen-bond donors (Lipinski definition) is 0. The lowest BCUT2D eigenvalue weighted by Gasteiger charge is -2.12. The van der Waals surface area contributed by atoms with Gasteiger partial charge in [0.1, 0.15) is 12.4 Å². The molecule has 0 spiro atoms. The fraction of sp³-hybridized carbons (Fsp3) is 0.120. The molecule has 31 heavy (non-hydrogen) atoms. The van der Waals surface area contributed by atoms with Gasteiger partial charge in [-0.15, -0.1) is 0 Å². The highest BCUT2D eigenvalue weighted by atomic mass is 127. The van der Waals surface area contributed by atoms with Crippen molar-refractivity contribution in [2.45, 2.75) is 20.1 Å². The maximum absolute atomic E-state index is 12.7. The number of carbonyl (C=O) groups is 2. The van der Waals surface area contributed by atoms with Crippen LogP contribution < -0.4 is 4.74 Å². The largest absolute Gasteiger partial charge is 0.489 e. The summed E-state index contributed by atoms with van der Waals surface area (Å²) in [4.78, 5) is 26.8. The minimum Gasteiger partial charge on any atom is -0.489 e. The summed E-state index contributed by atoms with van der Waals surface area (Å²) in [5.41, 5.74) is 4.10. The SMILES string of the molecule is Cc1cccc(COc2ccc(/C=C3/SC(=O)N(Cc4ccc(I)cc4)C3=O)cc2)c1. The maximum Gasteiger partial charge on any atom is 0.293 e. The summed E-state index contributed by atoms with van der Waals surface area (Å²) in [6.07, 6.45) is 1.75. The van der Waals surface area contributed by atoms with Crippen LogP contribution >= 0.6 is 34.4 Å². The van der Waals surface area contributed by atoms with E-state index < -0.39 is 0 Å². The Labute approximate surface area is 199 Å². The highest BCUT2D eigenvalue weighted by Gasteiger charge is 2.34. The molecule has 156 valence electrons. The van der Waals surface area contributed by atoms with Crippen LogP contribution in [0.2, 0.25) is 0 Å². The molecule has 1 fully saturated rings. The highest BCUT2D eigenvalue weighted by Crippen LogP contribution is 2.33. The molecule has 6 heteroatoms. The van der Waals surface area contributed by atoms with Crippen LogP contribution in [0, 0.1) is 10.5 Å². The number of ether oxygens (including phenoxy) is 1. The molecule has 2 amide bonds. The number of halogens is 1. The second-order valence-electron chi connectivity index (χ2n) is 7.24. The Bertz CT molecular complexity index is 1140. The fourth-order valence-electron chi connectivity index (χ4n) is 3.19. The Morgan fingerprint density at radius 3 is 2.42 bits per heavy atom. The van der Waals surface area contributed by atoms with E-state index in [2.05, 4.69) is 41.6 Å². The first-order valence-electron chi connectivity index (χ1n) is 9.76. The molecule has 0 atom stereocenters. The van der Waals surface area contributed by atoms with Crippen molar-refractivity contribution in [1.82, 2.24) is 4.90 Å². The van der Waals surface area contributed by atoms with E-state index >= 15 is 0 Å². The number of benzene rings is 3. The third kappa shape index (κ3) is 5.57. The van der Waals surface area contributed by atoms with Gasteiger partial charge in [0.2, 0.25) is 0 Å². The number of nitrogens with zero attached hydrogens (tertiary/aromatic N) is 1. The number of hydrogen-bond acceptors (Lipinski definition) is 4. The van der Waals surface area contributed by atoms with Crippen LogP contribution in [0.15, 0.2) is 77.7 Å². The van der Waals surface area contributed by atoms with E-state index in [1.54, 1.807) is 6.08 Å². The van der Waals surface area contributed by atoms with Crippen LogP contribution in [0.1, 0.15) is 22.3 Å². The Balaban J connectivity index is 1.40. The molecule has 0 saturated carbocycles. The molecular weight excluding hydrogens is 521 g/mol. The van der Waals surface area contributed by atoms with Crippen LogP contribution in [0.5, 0.6) is 5.75 Å². The van der Waals surface area contributed by atoms with Crippen LogP contribution in [-0.2, 0) is 17.9 Å². The number of aryl methyl sites for hydroxylation is 1. The van der Waals surface area contributed by atoms with E-state index in [0.717, 1.165) is 37.8 Å². The molecule has 4 rings (SSSR count). The lowest BCUT2D eigenvalue weighted by atomic mass is 10.1. The zero-order valence-corrected chi connectivity index (χ0v) is 19.9. The van der Waals surface area contributed by atoms with Crippen molar-refractivity contribution >= 4 is 51.6 Å². The summed E-state index contributed by atoms with van der Waals surface area (Å²) in [5.74, 6) is 0.499. The minimum atomic E-state index is -0.256. The summed E-state index contributed by atoms with van der Waals surface area (Å²) in [7, 11) is 0. The van der Waals surface area contributed by atoms with Crippen LogP contribution in [0.4, 0.5) is 4.79 Å². The zero-order chi connectivity index (χ0) is 21.8. The normalized spacial score (nSPS) is 15.0. The van der Waals surface area contributed by atoms with Crippen LogP contribution in [0.3, 0.4) is 0 Å². The average Bonchev–Trinajstić information content (AvgIpc) is 3.02. The molecule has 3 aromatic carbocycles. The molecule has 0 aliphatic carbocycles. The van der Waals surface area contributed by atoms with Crippen LogP contribution in [-0.4, -0.2) is 16.0 Å². The second kappa shape index (κ2) is 9.70. The quantitative estimate of drug-likeness (QED) is 0.267. The molecule has 1 heterocycles. The Hall–Kier alpha value is -2.58. The summed E-state index contributed by atoms with van der Waals surface area (Å²) >= 11 is 3.20. The predicted octanol–water partition coefficient (Wildman–Crippen LogP) is 6.42. The molecule has 1 saturated heterocycles. The first kappa shape index (κ1) is 21.6. The fourth-order valence-corrected chi connectivity index (χ4v) is 4.39. The highest BCUT2D eigenvalue weighted by molar-refractivity contribution is 14.1. The predicted molar refractivity (Wildman–Crippen MR) is 133 cm³/mol. The number of thioether (sulfide) groups is 1. The average molecular weight is 541 g/mol. The van der Waals surface area contributed by atoms with Crippen molar-refractivity contribution in [3.63, 3.8) is 0 Å². The summed E-state index contributed by atoms with van der Waals surface area (Å²) in [5, 5.41) is -0.243. The van der Waals surface area contributed by atoms with E-state index in [-0.39, 0.29) is 17.7 Å². The van der Waals surface area contributed by atoms with E-state index in [4.69, 9.17) is 4.74 Å². The molecular formula is C25H20INO3S. The van der Waals surface area contributed by atoms with Crippen LogP contribution in [0.25, 0.3) is 6.08 Å². The van der Waals surface area contributed by atoms with E-state index in [9.17, 15) is 9.59 Å². The first-order valence-corrected chi connectivity index (χ1v) is 11.7. The van der Waals surface area contributed by atoms with Gasteiger partial charge in [-0.3, -0.25) is 14.5 Å². The lowest BCUT2D eigenvalue weighted by Crippen LogP contribution is -2.27. The van der Waals surface area contributed by atoms with Gasteiger partial charge in [0.15, 0.2) is 0 Å². The molecule has 0 radical (unpaired) electrons. The molecule has 0 aromatic heterocycles. The number of carbonyl (C=O) groups excluding carboxylic acids is 2. The summed E-state index contributed by atoms with van der Waals surface area (Å²) < 4.78 is 6.96. The van der Waals surface area contributed by atoms with Crippen molar-refractivity contribution < 1.29 is 14.3 Å². The monoisotopic (exact) mass is 541 g/mol. The van der Waals surface area contributed by atoms with Gasteiger partial charge < -0.3 is 4.74 Å². The van der Waals surface area contributed by atoms with Gasteiger partial charge in [0.25, 0.3) is 11.1 Å². The first-order chi connectivity index (χ1) is 15.0. The molecule has 1 aliphatic heterocycles. The van der Waals surface area contributed by atoms with Gasteiger partial charge in [-0.05, 0) is 88.3 Å². The van der Waals surface area contributed by atoms with Crippen molar-refractivity contribution in [1.29, 1.82) is 0 Å². The van der Waals surface area contributed by atoms with Crippen molar-refractivity contribution in [3.05, 3.63) is 104 Å². The van der Waals surface area contributed by atoms with Crippen molar-refractivity contribution in [2.75, 3.05) is 0 Å². The van der Waals surface area contributed by atoms with Gasteiger partial charge in [0, 0.05) is 3.57 Å². The van der Waals surface area contributed by atoms with Crippen molar-refractivity contribution in [3.8, 4) is 5.75 Å². The van der Waals surface area contributed by atoms with E-state index in [1.807, 2.05) is 60.7 Å². The third-order valence-corrected chi connectivity index (χ3v) is 6.42. The molecule has 4 nitrogen and oxygen atoms in total. The summed E-state index contributed by atoms with van der Waals surface area (Å²) in [6, 6.07) is 23.5. The summed E-state index contributed by atoms with van der Waals surface area (Å²) in [6.45, 7) is 2.84. The Morgan fingerprint density at radius 1 is 0.968 bits per heavy atom. The Kier molecular flexibility index (Phi) is 6.77. The van der Waals surface area contributed by atoms with Crippen molar-refractivity contribution in [2.24, 2.45) is 0 Å². The lowest BCUT2D eigenvalue weighted by molar-refractivity contribution is -0.123. The number of amides is 2. The third-order valence-electron chi connectivity index (χ3n) is 4.79. The topological polar surface area (TPSA) is 46.6 Å². The van der Waals surface area contributed by atoms with E-state index in [1.165, 1.54) is 10.5 Å². The molecule has 0 bridgehead atoms. The van der Waals surface area contributed by atoms with Gasteiger partial charge in [-0.1, -0.05) is 54.1 Å². The van der Waals surface area contributed by atoms with Gasteiger partial charge in [-0.2, -0.15) is 0 Å². The molecule has 0 unspecified atom stereocenters. The van der Waals surface area contributed by atoms with Gasteiger partial charge >= 0.3 is 0 Å². The maximum atomic E-state index is 12.7. The smallest absolute Gasteiger partial charge is 0.293 e. The molecule has 3 aromatic rings. The standard InChI is InChI=1S/C25H20INO3S/c1-17-3-2-4-20(13-17)16-30-22-11-7-18(8-12-22)14-23-24(28)27(25(29)31-23)15-19-5-9-21(26)10-6-19/h2-14H,15-16H2,1H3/b23-14+.